The van der Waals surface area contributed by atoms with E-state index < -0.39 is 0 Å². The molecule has 2 heteroatoms. The Kier molecular flexibility index (Phi) is 4.94. The Morgan fingerprint density at radius 3 is 2.40 bits per heavy atom. The van der Waals surface area contributed by atoms with Crippen molar-refractivity contribution in [3.63, 3.8) is 0 Å². The van der Waals surface area contributed by atoms with Crippen molar-refractivity contribution in [3.8, 4) is 0 Å². The summed E-state index contributed by atoms with van der Waals surface area (Å²) in [6.45, 7) is 3.65. The van der Waals surface area contributed by atoms with Crippen LogP contribution < -0.4 is 10.6 Å². The topological polar surface area (TPSA) is 24.1 Å². The molecule has 2 fully saturated rings. The Balaban J connectivity index is 1.32. The van der Waals surface area contributed by atoms with E-state index in [1.165, 1.54) is 71.0 Å². The first-order chi connectivity index (χ1) is 7.45. The second kappa shape index (κ2) is 6.49. The summed E-state index contributed by atoms with van der Waals surface area (Å²) in [5, 5.41) is 7.12. The van der Waals surface area contributed by atoms with Crippen molar-refractivity contribution in [1.29, 1.82) is 0 Å². The Morgan fingerprint density at radius 2 is 1.67 bits per heavy atom. The van der Waals surface area contributed by atoms with E-state index in [9.17, 15) is 0 Å². The van der Waals surface area contributed by atoms with Crippen LogP contribution in [0.25, 0.3) is 0 Å². The van der Waals surface area contributed by atoms with Gasteiger partial charge in [-0.15, -0.1) is 0 Å². The number of hydrogen-bond donors (Lipinski definition) is 2. The van der Waals surface area contributed by atoms with Gasteiger partial charge in [-0.25, -0.2) is 0 Å². The maximum atomic E-state index is 3.57. The maximum Gasteiger partial charge on any atom is 0.00682 e. The minimum Gasteiger partial charge on any atom is -0.317 e. The van der Waals surface area contributed by atoms with Gasteiger partial charge in [0.25, 0.3) is 0 Å². The zero-order valence-electron chi connectivity index (χ0n) is 9.93. The Morgan fingerprint density at radius 1 is 0.867 bits per heavy atom. The van der Waals surface area contributed by atoms with Crippen molar-refractivity contribution in [2.45, 2.75) is 57.4 Å². The predicted octanol–water partition coefficient (Wildman–Crippen LogP) is 2.30. The van der Waals surface area contributed by atoms with Crippen LogP contribution in [0.1, 0.15) is 51.4 Å². The molecule has 2 aliphatic carbocycles. The van der Waals surface area contributed by atoms with Crippen LogP contribution in [0.3, 0.4) is 0 Å². The predicted molar refractivity (Wildman–Crippen MR) is 65.1 cm³/mol. The van der Waals surface area contributed by atoms with Crippen LogP contribution in [0.5, 0.6) is 0 Å². The summed E-state index contributed by atoms with van der Waals surface area (Å²) in [5.74, 6) is 1.04. The fourth-order valence-corrected chi connectivity index (χ4v) is 2.54. The van der Waals surface area contributed by atoms with Gasteiger partial charge >= 0.3 is 0 Å². The van der Waals surface area contributed by atoms with Gasteiger partial charge in [0.05, 0.1) is 0 Å². The third-order valence-electron chi connectivity index (χ3n) is 3.74. The monoisotopic (exact) mass is 210 g/mol. The molecular formula is C13H26N2. The van der Waals surface area contributed by atoms with Crippen LogP contribution in [0, 0.1) is 5.92 Å². The fourth-order valence-electron chi connectivity index (χ4n) is 2.54. The Bertz CT molecular complexity index is 160. The first-order valence-electron chi connectivity index (χ1n) is 6.89. The third-order valence-corrected chi connectivity index (χ3v) is 3.74. The summed E-state index contributed by atoms with van der Waals surface area (Å²) in [4.78, 5) is 0. The van der Waals surface area contributed by atoms with Gasteiger partial charge in [-0.05, 0) is 51.2 Å². The average molecular weight is 210 g/mol. The van der Waals surface area contributed by atoms with Crippen molar-refractivity contribution in [3.05, 3.63) is 0 Å². The lowest BCUT2D eigenvalue weighted by atomic mass is 10.0. The molecule has 15 heavy (non-hydrogen) atoms. The highest BCUT2D eigenvalue weighted by molar-refractivity contribution is 4.80. The van der Waals surface area contributed by atoms with Crippen molar-refractivity contribution in [2.24, 2.45) is 5.92 Å². The van der Waals surface area contributed by atoms with Crippen LogP contribution in [0.15, 0.2) is 0 Å². The molecule has 0 aromatic rings. The minimum absolute atomic E-state index is 0.878. The SMILES string of the molecule is C(CNCCC1CCCC1)CNC1CC1. The standard InChI is InChI=1S/C13H26N2/c1-2-5-12(4-1)8-11-14-9-3-10-15-13-6-7-13/h12-15H,1-11H2. The molecule has 0 heterocycles. The lowest BCUT2D eigenvalue weighted by Crippen LogP contribution is -2.24. The van der Waals surface area contributed by atoms with E-state index in [-0.39, 0.29) is 0 Å². The summed E-state index contributed by atoms with van der Waals surface area (Å²) >= 11 is 0. The lowest BCUT2D eigenvalue weighted by Gasteiger charge is -2.09. The molecule has 0 atom stereocenters. The highest BCUT2D eigenvalue weighted by atomic mass is 14.9. The van der Waals surface area contributed by atoms with E-state index in [2.05, 4.69) is 10.6 Å². The van der Waals surface area contributed by atoms with Gasteiger partial charge in [-0.1, -0.05) is 25.7 Å². The molecule has 2 rings (SSSR count). The van der Waals surface area contributed by atoms with E-state index in [1.807, 2.05) is 0 Å². The smallest absolute Gasteiger partial charge is 0.00682 e. The van der Waals surface area contributed by atoms with Gasteiger partial charge < -0.3 is 10.6 Å². The maximum absolute atomic E-state index is 3.57. The molecule has 0 bridgehead atoms. The van der Waals surface area contributed by atoms with E-state index in [4.69, 9.17) is 0 Å². The van der Waals surface area contributed by atoms with E-state index in [0.717, 1.165) is 12.0 Å². The van der Waals surface area contributed by atoms with Crippen LogP contribution >= 0.6 is 0 Å². The number of rotatable bonds is 8. The second-order valence-electron chi connectivity index (χ2n) is 5.27. The molecule has 0 aromatic carbocycles. The van der Waals surface area contributed by atoms with Crippen LogP contribution in [-0.2, 0) is 0 Å². The summed E-state index contributed by atoms with van der Waals surface area (Å²) in [6.07, 6.45) is 11.5. The van der Waals surface area contributed by atoms with E-state index in [1.54, 1.807) is 0 Å². The summed E-state index contributed by atoms with van der Waals surface area (Å²) in [5.41, 5.74) is 0. The molecule has 2 saturated carbocycles. The molecule has 0 radical (unpaired) electrons. The molecule has 2 N–H and O–H groups in total. The van der Waals surface area contributed by atoms with E-state index >= 15 is 0 Å². The first-order valence-corrected chi connectivity index (χ1v) is 6.89. The van der Waals surface area contributed by atoms with Crippen molar-refractivity contribution >= 4 is 0 Å². The second-order valence-corrected chi connectivity index (χ2v) is 5.27. The normalized spacial score (nSPS) is 22.4. The first kappa shape index (κ1) is 11.4. The van der Waals surface area contributed by atoms with Gasteiger partial charge in [0.1, 0.15) is 0 Å². The molecule has 0 amide bonds. The number of hydrogen-bond acceptors (Lipinski definition) is 2. The van der Waals surface area contributed by atoms with Crippen LogP contribution in [-0.4, -0.2) is 25.7 Å². The Hall–Kier alpha value is -0.0800. The summed E-state index contributed by atoms with van der Waals surface area (Å²) < 4.78 is 0. The minimum atomic E-state index is 0.878. The largest absolute Gasteiger partial charge is 0.317 e. The molecule has 2 aliphatic rings. The molecule has 0 spiro atoms. The highest BCUT2D eigenvalue weighted by Gasteiger charge is 2.19. The molecule has 0 aromatic heterocycles. The quantitative estimate of drug-likeness (QED) is 0.601. The molecular weight excluding hydrogens is 184 g/mol. The van der Waals surface area contributed by atoms with Gasteiger partial charge in [0, 0.05) is 6.04 Å². The van der Waals surface area contributed by atoms with E-state index in [0.29, 0.717) is 0 Å². The van der Waals surface area contributed by atoms with Gasteiger partial charge in [0.15, 0.2) is 0 Å². The third kappa shape index (κ3) is 4.98. The highest BCUT2D eigenvalue weighted by Crippen LogP contribution is 2.26. The zero-order chi connectivity index (χ0) is 10.3. The molecule has 88 valence electrons. The molecule has 0 unspecified atom stereocenters. The van der Waals surface area contributed by atoms with Crippen LogP contribution in [0.4, 0.5) is 0 Å². The van der Waals surface area contributed by atoms with Gasteiger partial charge in [0.2, 0.25) is 0 Å². The van der Waals surface area contributed by atoms with Crippen LogP contribution in [0.2, 0.25) is 0 Å². The molecule has 0 saturated heterocycles. The van der Waals surface area contributed by atoms with Crippen molar-refractivity contribution < 1.29 is 0 Å². The Labute approximate surface area is 94.2 Å². The molecule has 2 nitrogen and oxygen atoms in total. The lowest BCUT2D eigenvalue weighted by molar-refractivity contribution is 0.473. The number of nitrogens with one attached hydrogen (secondary N) is 2. The average Bonchev–Trinajstić information content (AvgIpc) is 2.92. The van der Waals surface area contributed by atoms with Gasteiger partial charge in [-0.2, -0.15) is 0 Å². The fraction of sp³-hybridized carbons (Fsp3) is 1.00. The van der Waals surface area contributed by atoms with Gasteiger partial charge in [-0.3, -0.25) is 0 Å². The van der Waals surface area contributed by atoms with Crippen molar-refractivity contribution in [2.75, 3.05) is 19.6 Å². The zero-order valence-corrected chi connectivity index (χ0v) is 9.93. The van der Waals surface area contributed by atoms with Crippen molar-refractivity contribution in [1.82, 2.24) is 10.6 Å². The summed E-state index contributed by atoms with van der Waals surface area (Å²) in [6, 6.07) is 0.878. The summed E-state index contributed by atoms with van der Waals surface area (Å²) in [7, 11) is 0. The molecule has 0 aliphatic heterocycles.